The Morgan fingerprint density at radius 2 is 1.79 bits per heavy atom. The number of hydrogen-bond donors (Lipinski definition) is 1. The predicted octanol–water partition coefficient (Wildman–Crippen LogP) is 4.82. The molecular weight excluding hydrogens is 382 g/mol. The van der Waals surface area contributed by atoms with E-state index in [1.807, 2.05) is 31.2 Å². The van der Waals surface area contributed by atoms with Crippen LogP contribution in [0.3, 0.4) is 0 Å². The van der Waals surface area contributed by atoms with Crippen LogP contribution in [0.25, 0.3) is 0 Å². The number of hydrogen-bond acceptors (Lipinski definition) is 4. The zero-order valence-corrected chi connectivity index (χ0v) is 17.0. The topological polar surface area (TPSA) is 90.1 Å². The number of rotatable bonds is 9. The molecule has 0 bridgehead atoms. The molecule has 7 nitrogen and oxygen atoms in total. The number of nitrogens with zero attached hydrogens (tertiary/aromatic N) is 3. The molecule has 0 aliphatic heterocycles. The van der Waals surface area contributed by atoms with Gasteiger partial charge in [-0.25, -0.2) is 8.78 Å². The van der Waals surface area contributed by atoms with Gasteiger partial charge in [0.15, 0.2) is 0 Å². The molecule has 2 aromatic rings. The Balaban J connectivity index is 2.15. The smallest absolute Gasteiger partial charge is 0.319 e. The van der Waals surface area contributed by atoms with E-state index in [9.17, 15) is 23.7 Å². The van der Waals surface area contributed by atoms with Crippen LogP contribution >= 0.6 is 0 Å². The van der Waals surface area contributed by atoms with E-state index in [-0.39, 0.29) is 18.3 Å². The number of carbonyl (C=O) groups excluding carboxylic acids is 1. The van der Waals surface area contributed by atoms with Gasteiger partial charge >= 0.3 is 5.69 Å². The fourth-order valence-corrected chi connectivity index (χ4v) is 3.18. The summed E-state index contributed by atoms with van der Waals surface area (Å²) in [5.74, 6) is -0.00880. The molecule has 1 amide bonds. The van der Waals surface area contributed by atoms with Gasteiger partial charge in [-0.2, -0.15) is 5.10 Å². The third-order valence-electron chi connectivity index (χ3n) is 5.15. The fourth-order valence-electron chi connectivity index (χ4n) is 3.18. The van der Waals surface area contributed by atoms with E-state index >= 15 is 0 Å². The molecule has 9 heteroatoms. The van der Waals surface area contributed by atoms with Gasteiger partial charge in [0.25, 0.3) is 6.43 Å². The first-order chi connectivity index (χ1) is 13.7. The van der Waals surface area contributed by atoms with Crippen molar-refractivity contribution >= 4 is 11.6 Å². The van der Waals surface area contributed by atoms with Gasteiger partial charge in [-0.05, 0) is 36.8 Å². The minimum absolute atomic E-state index is 0.0774. The lowest BCUT2D eigenvalue weighted by molar-refractivity contribution is -0.386. The van der Waals surface area contributed by atoms with Crippen LogP contribution in [0.1, 0.15) is 74.5 Å². The molecule has 2 rings (SSSR count). The molecular formula is C20H26F2N4O3. The van der Waals surface area contributed by atoms with Crippen LogP contribution < -0.4 is 5.32 Å². The van der Waals surface area contributed by atoms with E-state index in [4.69, 9.17) is 0 Å². The van der Waals surface area contributed by atoms with Gasteiger partial charge < -0.3 is 5.32 Å². The van der Waals surface area contributed by atoms with Gasteiger partial charge in [0, 0.05) is 0 Å². The van der Waals surface area contributed by atoms with E-state index in [2.05, 4.69) is 24.3 Å². The van der Waals surface area contributed by atoms with Crippen molar-refractivity contribution in [2.24, 2.45) is 0 Å². The second-order valence-corrected chi connectivity index (χ2v) is 7.04. The minimum atomic E-state index is -3.09. The van der Waals surface area contributed by atoms with Gasteiger partial charge in [0.1, 0.15) is 12.2 Å². The first-order valence-corrected chi connectivity index (χ1v) is 9.58. The summed E-state index contributed by atoms with van der Waals surface area (Å²) in [6.07, 6.45) is -1.43. The second kappa shape index (κ2) is 9.58. The van der Waals surface area contributed by atoms with Crippen LogP contribution in [0.5, 0.6) is 0 Å². The van der Waals surface area contributed by atoms with Crippen molar-refractivity contribution in [3.63, 3.8) is 0 Å². The summed E-state index contributed by atoms with van der Waals surface area (Å²) in [5.41, 5.74) is 0.403. The quantitative estimate of drug-likeness (QED) is 0.476. The van der Waals surface area contributed by atoms with Crippen LogP contribution in [0.15, 0.2) is 24.3 Å². The molecule has 0 saturated heterocycles. The van der Waals surface area contributed by atoms with Crippen molar-refractivity contribution in [1.82, 2.24) is 15.1 Å². The maximum Gasteiger partial charge on any atom is 0.319 e. The minimum Gasteiger partial charge on any atom is -0.348 e. The number of halogens is 2. The Labute approximate surface area is 168 Å². The highest BCUT2D eigenvalue weighted by Crippen LogP contribution is 2.30. The molecule has 1 heterocycles. The average molecular weight is 408 g/mol. The maximum atomic E-state index is 13.0. The summed E-state index contributed by atoms with van der Waals surface area (Å²) in [7, 11) is 0. The molecule has 29 heavy (non-hydrogen) atoms. The van der Waals surface area contributed by atoms with Crippen molar-refractivity contribution < 1.29 is 18.5 Å². The normalized spacial score (nSPS) is 13.3. The summed E-state index contributed by atoms with van der Waals surface area (Å²) < 4.78 is 27.0. The Morgan fingerprint density at radius 1 is 1.21 bits per heavy atom. The largest absolute Gasteiger partial charge is 0.348 e. The monoisotopic (exact) mass is 408 g/mol. The first-order valence-electron chi connectivity index (χ1n) is 9.58. The van der Waals surface area contributed by atoms with Crippen molar-refractivity contribution in [2.45, 2.75) is 65.5 Å². The Hall–Kier alpha value is -2.84. The van der Waals surface area contributed by atoms with E-state index in [1.165, 1.54) is 12.5 Å². The van der Waals surface area contributed by atoms with Crippen molar-refractivity contribution in [3.05, 3.63) is 56.9 Å². The molecule has 0 aliphatic carbocycles. The number of nitro groups is 1. The van der Waals surface area contributed by atoms with Crippen LogP contribution in [0, 0.1) is 17.0 Å². The number of amides is 1. The third-order valence-corrected chi connectivity index (χ3v) is 5.15. The highest BCUT2D eigenvalue weighted by atomic mass is 19.3. The van der Waals surface area contributed by atoms with Crippen molar-refractivity contribution in [2.75, 3.05) is 0 Å². The number of benzene rings is 1. The van der Waals surface area contributed by atoms with Gasteiger partial charge in [-0.1, -0.05) is 45.0 Å². The Morgan fingerprint density at radius 3 is 2.24 bits per heavy atom. The Kier molecular flexibility index (Phi) is 7.41. The molecule has 0 radical (unpaired) electrons. The molecule has 1 aromatic carbocycles. The van der Waals surface area contributed by atoms with Gasteiger partial charge in [-0.3, -0.25) is 19.6 Å². The molecule has 2 unspecified atom stereocenters. The maximum absolute atomic E-state index is 13.0. The predicted molar refractivity (Wildman–Crippen MR) is 105 cm³/mol. The standard InChI is InChI=1S/C20H26F2N4O3/c1-5-12(3)14-7-9-15(10-8-14)16(6-2)23-17(27)11-25-13(4)19(26(28)29)18(24-25)20(21)22/h7-10,12,16,20H,5-6,11H2,1-4H3,(H,23,27). The molecule has 1 N–H and O–H groups in total. The number of aromatic nitrogens is 2. The summed E-state index contributed by atoms with van der Waals surface area (Å²) in [4.78, 5) is 22.6. The van der Waals surface area contributed by atoms with Crippen LogP contribution in [0.4, 0.5) is 14.5 Å². The number of alkyl halides is 2. The third kappa shape index (κ3) is 5.16. The second-order valence-electron chi connectivity index (χ2n) is 7.04. The molecule has 2 atom stereocenters. The van der Waals surface area contributed by atoms with Gasteiger partial charge in [0.2, 0.25) is 11.6 Å². The molecule has 1 aromatic heterocycles. The fraction of sp³-hybridized carbons (Fsp3) is 0.500. The molecule has 0 aliphatic rings. The zero-order valence-electron chi connectivity index (χ0n) is 17.0. The van der Waals surface area contributed by atoms with E-state index < -0.39 is 28.6 Å². The van der Waals surface area contributed by atoms with Gasteiger partial charge in [-0.15, -0.1) is 0 Å². The average Bonchev–Trinajstić information content (AvgIpc) is 3.02. The van der Waals surface area contributed by atoms with E-state index in [0.717, 1.165) is 16.7 Å². The van der Waals surface area contributed by atoms with Crippen molar-refractivity contribution in [3.8, 4) is 0 Å². The molecule has 0 saturated carbocycles. The summed E-state index contributed by atoms with van der Waals surface area (Å²) >= 11 is 0. The summed E-state index contributed by atoms with van der Waals surface area (Å²) in [6.45, 7) is 7.12. The summed E-state index contributed by atoms with van der Waals surface area (Å²) in [6, 6.07) is 7.75. The van der Waals surface area contributed by atoms with E-state index in [1.54, 1.807) is 0 Å². The number of carbonyl (C=O) groups is 1. The zero-order chi connectivity index (χ0) is 21.7. The van der Waals surface area contributed by atoms with Gasteiger partial charge in [0.05, 0.1) is 11.0 Å². The van der Waals surface area contributed by atoms with Crippen LogP contribution in [-0.4, -0.2) is 20.6 Å². The lowest BCUT2D eigenvalue weighted by Gasteiger charge is -2.19. The lowest BCUT2D eigenvalue weighted by atomic mass is 9.95. The summed E-state index contributed by atoms with van der Waals surface area (Å²) in [5, 5.41) is 17.5. The van der Waals surface area contributed by atoms with Crippen molar-refractivity contribution in [1.29, 1.82) is 0 Å². The van der Waals surface area contributed by atoms with E-state index in [0.29, 0.717) is 12.3 Å². The first kappa shape index (κ1) is 22.4. The van der Waals surface area contributed by atoms with Crippen LogP contribution in [0.2, 0.25) is 0 Å². The lowest BCUT2D eigenvalue weighted by Crippen LogP contribution is -2.32. The highest BCUT2D eigenvalue weighted by Gasteiger charge is 2.31. The molecule has 0 fully saturated rings. The SMILES string of the molecule is CCC(C)c1ccc(C(CC)NC(=O)Cn2nc(C(F)F)c([N+](=O)[O-])c2C)cc1. The molecule has 158 valence electrons. The van der Waals surface area contributed by atoms with Crippen LogP contribution in [-0.2, 0) is 11.3 Å². The Bertz CT molecular complexity index is 865. The highest BCUT2D eigenvalue weighted by molar-refractivity contribution is 5.76. The number of nitrogens with one attached hydrogen (secondary N) is 1. The molecule has 0 spiro atoms.